The minimum atomic E-state index is -0.496. The van der Waals surface area contributed by atoms with Crippen molar-refractivity contribution in [2.45, 2.75) is 0 Å². The molecular formula is C14H10N2O2. The van der Waals surface area contributed by atoms with E-state index < -0.39 is 5.69 Å². The van der Waals surface area contributed by atoms with Crippen LogP contribution in [0.25, 0.3) is 21.9 Å². The van der Waals surface area contributed by atoms with Crippen molar-refractivity contribution in [2.75, 3.05) is 0 Å². The maximum absolute atomic E-state index is 11.8. The molecule has 0 radical (unpaired) electrons. The van der Waals surface area contributed by atoms with E-state index in [1.807, 2.05) is 42.5 Å². The summed E-state index contributed by atoms with van der Waals surface area (Å²) in [4.78, 5) is 27.6. The molecule has 2 aromatic carbocycles. The van der Waals surface area contributed by atoms with Gasteiger partial charge in [-0.05, 0) is 16.3 Å². The third-order valence-electron chi connectivity index (χ3n) is 2.90. The van der Waals surface area contributed by atoms with Crippen LogP contribution < -0.4 is 11.2 Å². The highest BCUT2D eigenvalue weighted by molar-refractivity contribution is 5.96. The van der Waals surface area contributed by atoms with Gasteiger partial charge in [-0.25, -0.2) is 4.79 Å². The molecule has 18 heavy (non-hydrogen) atoms. The number of H-pyrrole nitrogens is 2. The minimum Gasteiger partial charge on any atom is -0.313 e. The third-order valence-corrected chi connectivity index (χ3v) is 2.90. The molecular weight excluding hydrogens is 228 g/mol. The van der Waals surface area contributed by atoms with Crippen molar-refractivity contribution in [3.63, 3.8) is 0 Å². The number of benzene rings is 2. The van der Waals surface area contributed by atoms with Gasteiger partial charge in [-0.1, -0.05) is 42.5 Å². The lowest BCUT2D eigenvalue weighted by Crippen LogP contribution is -2.22. The number of nitrogens with one attached hydrogen (secondary N) is 2. The van der Waals surface area contributed by atoms with E-state index in [1.165, 1.54) is 6.20 Å². The van der Waals surface area contributed by atoms with E-state index >= 15 is 0 Å². The van der Waals surface area contributed by atoms with Crippen molar-refractivity contribution < 1.29 is 0 Å². The van der Waals surface area contributed by atoms with Gasteiger partial charge in [0, 0.05) is 6.20 Å². The fourth-order valence-corrected chi connectivity index (χ4v) is 2.07. The molecule has 0 aliphatic heterocycles. The van der Waals surface area contributed by atoms with Gasteiger partial charge in [-0.3, -0.25) is 9.78 Å². The van der Waals surface area contributed by atoms with Crippen LogP contribution in [0.5, 0.6) is 0 Å². The van der Waals surface area contributed by atoms with Gasteiger partial charge in [0.15, 0.2) is 0 Å². The van der Waals surface area contributed by atoms with Crippen LogP contribution >= 0.6 is 0 Å². The molecule has 3 aromatic rings. The van der Waals surface area contributed by atoms with Crippen molar-refractivity contribution in [3.8, 4) is 11.1 Å². The molecule has 1 heterocycles. The highest BCUT2D eigenvalue weighted by Gasteiger charge is 2.07. The zero-order valence-corrected chi connectivity index (χ0v) is 9.44. The number of hydrogen-bond acceptors (Lipinski definition) is 2. The second-order valence-electron chi connectivity index (χ2n) is 4.01. The van der Waals surface area contributed by atoms with Gasteiger partial charge >= 0.3 is 5.69 Å². The van der Waals surface area contributed by atoms with Gasteiger partial charge in [0.25, 0.3) is 5.56 Å². The van der Waals surface area contributed by atoms with E-state index in [4.69, 9.17) is 0 Å². The van der Waals surface area contributed by atoms with Gasteiger partial charge < -0.3 is 4.98 Å². The summed E-state index contributed by atoms with van der Waals surface area (Å²) in [6, 6.07) is 13.6. The van der Waals surface area contributed by atoms with Crippen LogP contribution in [-0.4, -0.2) is 9.97 Å². The third kappa shape index (κ3) is 1.64. The van der Waals surface area contributed by atoms with Crippen molar-refractivity contribution >= 4 is 10.8 Å². The molecule has 2 N–H and O–H groups in total. The Morgan fingerprint density at radius 2 is 1.61 bits per heavy atom. The normalized spacial score (nSPS) is 10.7. The van der Waals surface area contributed by atoms with Crippen LogP contribution in [0.1, 0.15) is 0 Å². The standard InChI is InChI=1S/C14H10N2O2/c17-13-12(8-15-14(18)16-13)11-7-3-5-9-4-1-2-6-10(9)11/h1-8H,(H2,15,16,17,18). The molecule has 0 bridgehead atoms. The van der Waals surface area contributed by atoms with Crippen LogP contribution in [0, 0.1) is 0 Å². The average Bonchev–Trinajstić information content (AvgIpc) is 2.38. The number of aromatic amines is 2. The number of rotatable bonds is 1. The number of fused-ring (bicyclic) bond motifs is 1. The molecule has 0 fully saturated rings. The van der Waals surface area contributed by atoms with Gasteiger partial charge in [-0.15, -0.1) is 0 Å². The Labute approximate surface area is 102 Å². The predicted molar refractivity (Wildman–Crippen MR) is 70.6 cm³/mol. The summed E-state index contributed by atoms with van der Waals surface area (Å²) in [6.45, 7) is 0. The predicted octanol–water partition coefficient (Wildman–Crippen LogP) is 1.88. The first-order valence-electron chi connectivity index (χ1n) is 5.56. The van der Waals surface area contributed by atoms with Crippen LogP contribution in [0.4, 0.5) is 0 Å². The van der Waals surface area contributed by atoms with E-state index in [9.17, 15) is 9.59 Å². The second-order valence-corrected chi connectivity index (χ2v) is 4.01. The Kier molecular flexibility index (Phi) is 2.34. The van der Waals surface area contributed by atoms with E-state index in [0.29, 0.717) is 5.56 Å². The quantitative estimate of drug-likeness (QED) is 0.679. The van der Waals surface area contributed by atoms with Crippen LogP contribution in [0.15, 0.2) is 58.3 Å². The highest BCUT2D eigenvalue weighted by Crippen LogP contribution is 2.25. The first-order chi connectivity index (χ1) is 8.75. The molecule has 4 nitrogen and oxygen atoms in total. The molecule has 0 amide bonds. The molecule has 3 rings (SSSR count). The monoisotopic (exact) mass is 238 g/mol. The van der Waals surface area contributed by atoms with Gasteiger partial charge in [-0.2, -0.15) is 0 Å². The van der Waals surface area contributed by atoms with Crippen molar-refractivity contribution in [1.82, 2.24) is 9.97 Å². The van der Waals surface area contributed by atoms with Crippen molar-refractivity contribution in [2.24, 2.45) is 0 Å². The summed E-state index contributed by atoms with van der Waals surface area (Å²) >= 11 is 0. The fourth-order valence-electron chi connectivity index (χ4n) is 2.07. The molecule has 0 saturated heterocycles. The molecule has 0 saturated carbocycles. The smallest absolute Gasteiger partial charge is 0.313 e. The van der Waals surface area contributed by atoms with E-state index in [1.54, 1.807) is 0 Å². The fraction of sp³-hybridized carbons (Fsp3) is 0. The Balaban J connectivity index is 2.38. The molecule has 88 valence electrons. The van der Waals surface area contributed by atoms with E-state index in [0.717, 1.165) is 16.3 Å². The summed E-state index contributed by atoms with van der Waals surface area (Å²) in [5.74, 6) is 0. The second kappa shape index (κ2) is 4.00. The number of aromatic nitrogens is 2. The van der Waals surface area contributed by atoms with Gasteiger partial charge in [0.05, 0.1) is 5.56 Å². The first kappa shape index (κ1) is 10.5. The van der Waals surface area contributed by atoms with E-state index in [2.05, 4.69) is 9.97 Å². The zero-order chi connectivity index (χ0) is 12.5. The average molecular weight is 238 g/mol. The summed E-state index contributed by atoms with van der Waals surface area (Å²) in [6.07, 6.45) is 1.45. The zero-order valence-electron chi connectivity index (χ0n) is 9.44. The molecule has 0 unspecified atom stereocenters. The maximum atomic E-state index is 11.8. The lowest BCUT2D eigenvalue weighted by molar-refractivity contribution is 1.04. The molecule has 4 heteroatoms. The summed E-state index contributed by atoms with van der Waals surface area (Å²) < 4.78 is 0. The first-order valence-corrected chi connectivity index (χ1v) is 5.56. The molecule has 0 spiro atoms. The van der Waals surface area contributed by atoms with Gasteiger partial charge in [0.2, 0.25) is 0 Å². The van der Waals surface area contributed by atoms with Crippen LogP contribution in [0.2, 0.25) is 0 Å². The molecule has 0 aliphatic rings. The molecule has 1 aromatic heterocycles. The van der Waals surface area contributed by atoms with Crippen molar-refractivity contribution in [1.29, 1.82) is 0 Å². The summed E-state index contributed by atoms with van der Waals surface area (Å²) in [5, 5.41) is 2.04. The Bertz CT molecular complexity index is 825. The topological polar surface area (TPSA) is 65.7 Å². The maximum Gasteiger partial charge on any atom is 0.325 e. The van der Waals surface area contributed by atoms with E-state index in [-0.39, 0.29) is 5.56 Å². The highest BCUT2D eigenvalue weighted by atomic mass is 16.2. The minimum absolute atomic E-state index is 0.380. The van der Waals surface area contributed by atoms with Gasteiger partial charge in [0.1, 0.15) is 0 Å². The SMILES string of the molecule is O=c1[nH]cc(-c2cccc3ccccc23)c(=O)[nH]1. The number of hydrogen-bond donors (Lipinski definition) is 2. The summed E-state index contributed by atoms with van der Waals surface area (Å²) in [5.41, 5.74) is 0.399. The van der Waals surface area contributed by atoms with Crippen LogP contribution in [0.3, 0.4) is 0 Å². The lowest BCUT2D eigenvalue weighted by atomic mass is 10.0. The largest absolute Gasteiger partial charge is 0.325 e. The molecule has 0 aliphatic carbocycles. The van der Waals surface area contributed by atoms with Crippen molar-refractivity contribution in [3.05, 3.63) is 69.5 Å². The Hall–Kier alpha value is -2.62. The Morgan fingerprint density at radius 1 is 0.833 bits per heavy atom. The van der Waals surface area contributed by atoms with Crippen LogP contribution in [-0.2, 0) is 0 Å². The summed E-state index contributed by atoms with van der Waals surface area (Å²) in [7, 11) is 0. The lowest BCUT2D eigenvalue weighted by Gasteiger charge is -2.05. The molecule has 0 atom stereocenters. The Morgan fingerprint density at radius 3 is 2.44 bits per heavy atom.